The summed E-state index contributed by atoms with van der Waals surface area (Å²) >= 11 is 0. The van der Waals surface area contributed by atoms with Gasteiger partial charge in [-0.1, -0.05) is 61.5 Å². The second-order valence-electron chi connectivity index (χ2n) is 19.0. The number of rotatable bonds is 20. The minimum absolute atomic E-state index is 0.0133. The molecule has 0 unspecified atom stereocenters. The highest BCUT2D eigenvalue weighted by atomic mass is 19.1. The lowest BCUT2D eigenvalue weighted by atomic mass is 9.44. The fourth-order valence-electron chi connectivity index (χ4n) is 11.8. The van der Waals surface area contributed by atoms with Crippen molar-refractivity contribution in [2.24, 2.45) is 22.7 Å². The van der Waals surface area contributed by atoms with E-state index in [1.165, 1.54) is 31.2 Å². The van der Waals surface area contributed by atoms with Gasteiger partial charge in [-0.15, -0.1) is 0 Å². The number of nitrogens with one attached hydrogen (secondary N) is 1. The molecule has 0 radical (unpaired) electrons. The normalized spacial score (nSPS) is 32.7. The van der Waals surface area contributed by atoms with Gasteiger partial charge in [-0.05, 0) is 79.4 Å². The van der Waals surface area contributed by atoms with Crippen LogP contribution in [0.2, 0.25) is 0 Å². The molecule has 14 nitrogen and oxygen atoms in total. The number of ether oxygens (including phenoxy) is 4. The smallest absolute Gasteiger partial charge is 0.253 e. The average molecular weight is 929 g/mol. The van der Waals surface area contributed by atoms with E-state index in [4.69, 9.17) is 18.9 Å². The third-order valence-electron chi connectivity index (χ3n) is 15.1. The fraction of sp³-hybridized carbons (Fsp3) is 0.529. The van der Waals surface area contributed by atoms with Gasteiger partial charge in [-0.3, -0.25) is 33.7 Å². The molecule has 4 aliphatic carbocycles. The van der Waals surface area contributed by atoms with Gasteiger partial charge in [0.15, 0.2) is 29.1 Å². The minimum atomic E-state index is -2.33. The summed E-state index contributed by atoms with van der Waals surface area (Å²) in [4.78, 5) is 75.1. The topological polar surface area (TPSA) is 195 Å². The third kappa shape index (κ3) is 8.92. The molecule has 10 atom stereocenters. The monoisotopic (exact) mass is 928 g/mol. The number of ketones is 3. The predicted molar refractivity (Wildman–Crippen MR) is 236 cm³/mol. The molecule has 8 rings (SSSR count). The molecule has 16 heteroatoms. The number of carbonyl (C=O) groups excluding carboxylic acids is 6. The fourth-order valence-corrected chi connectivity index (χ4v) is 11.8. The van der Waals surface area contributed by atoms with E-state index >= 15 is 8.78 Å². The van der Waals surface area contributed by atoms with Crippen molar-refractivity contribution in [1.82, 2.24) is 10.2 Å². The zero-order valence-corrected chi connectivity index (χ0v) is 37.8. The van der Waals surface area contributed by atoms with Crippen molar-refractivity contribution in [1.29, 1.82) is 0 Å². The van der Waals surface area contributed by atoms with E-state index in [2.05, 4.69) is 5.32 Å². The van der Waals surface area contributed by atoms with Gasteiger partial charge in [-0.2, -0.15) is 0 Å². The summed E-state index contributed by atoms with van der Waals surface area (Å²) in [5, 5.41) is 24.8. The first-order valence-corrected chi connectivity index (χ1v) is 23.1. The van der Waals surface area contributed by atoms with Crippen molar-refractivity contribution in [2.45, 2.75) is 101 Å². The van der Waals surface area contributed by atoms with Crippen LogP contribution in [0.15, 0.2) is 84.5 Å². The van der Waals surface area contributed by atoms with Gasteiger partial charge in [0.1, 0.15) is 18.6 Å². The maximum absolute atomic E-state index is 17.7. The number of allylic oxidation sites excluding steroid dienone is 4. The van der Waals surface area contributed by atoms with Gasteiger partial charge in [0.05, 0.1) is 32.0 Å². The minimum Gasteiger partial charge on any atom is -0.390 e. The van der Waals surface area contributed by atoms with E-state index in [9.17, 15) is 39.0 Å². The molecule has 2 aliphatic heterocycles. The quantitative estimate of drug-likeness (QED) is 0.126. The van der Waals surface area contributed by atoms with Crippen LogP contribution in [0.25, 0.3) is 0 Å². The van der Waals surface area contributed by atoms with Crippen molar-refractivity contribution in [3.63, 3.8) is 0 Å². The van der Waals surface area contributed by atoms with Crippen LogP contribution in [-0.2, 0) is 60.6 Å². The van der Waals surface area contributed by atoms with Gasteiger partial charge in [-0.25, -0.2) is 8.78 Å². The first kappa shape index (κ1) is 48.4. The summed E-state index contributed by atoms with van der Waals surface area (Å²) in [6.07, 6.45) is 2.25. The summed E-state index contributed by atoms with van der Waals surface area (Å²) in [7, 11) is 0. The number of nitrogens with zero attached hydrogens (tertiary/aromatic N) is 1. The van der Waals surface area contributed by atoms with Crippen molar-refractivity contribution in [2.75, 3.05) is 46.1 Å². The number of fused-ring (bicyclic) bond motifs is 7. The number of benzene rings is 2. The lowest BCUT2D eigenvalue weighted by Gasteiger charge is -2.63. The molecule has 4 fully saturated rings. The molecule has 67 heavy (non-hydrogen) atoms. The molecule has 0 spiro atoms. The highest BCUT2D eigenvalue weighted by molar-refractivity contribution is 6.13. The van der Waals surface area contributed by atoms with Gasteiger partial charge in [0.25, 0.3) is 11.8 Å². The second-order valence-corrected chi connectivity index (χ2v) is 19.0. The van der Waals surface area contributed by atoms with Crippen molar-refractivity contribution < 1.29 is 66.7 Å². The van der Waals surface area contributed by atoms with Crippen molar-refractivity contribution in [3.05, 3.63) is 107 Å². The van der Waals surface area contributed by atoms with E-state index < -0.39 is 88.6 Å². The molecule has 2 aromatic carbocycles. The van der Waals surface area contributed by atoms with Crippen LogP contribution in [0.1, 0.15) is 80.9 Å². The second kappa shape index (κ2) is 19.5. The van der Waals surface area contributed by atoms with E-state index in [1.54, 1.807) is 6.92 Å². The van der Waals surface area contributed by atoms with Crippen LogP contribution in [0.5, 0.6) is 0 Å². The Morgan fingerprint density at radius 1 is 0.896 bits per heavy atom. The molecular weight excluding hydrogens is 871 g/mol. The summed E-state index contributed by atoms with van der Waals surface area (Å²) in [5.41, 5.74) is -3.39. The Bertz CT molecular complexity index is 2350. The molecule has 2 aromatic rings. The molecular formula is C51H58F2N2O12. The molecule has 0 bridgehead atoms. The average Bonchev–Trinajstić information content (AvgIpc) is 3.93. The van der Waals surface area contributed by atoms with E-state index in [0.717, 1.165) is 27.7 Å². The van der Waals surface area contributed by atoms with Gasteiger partial charge in [0.2, 0.25) is 5.91 Å². The number of amides is 3. The lowest BCUT2D eigenvalue weighted by Crippen LogP contribution is -2.70. The number of alkyl halides is 2. The van der Waals surface area contributed by atoms with E-state index in [0.29, 0.717) is 44.8 Å². The van der Waals surface area contributed by atoms with E-state index in [-0.39, 0.29) is 68.9 Å². The molecule has 0 aromatic heterocycles. The zero-order chi connectivity index (χ0) is 47.7. The Morgan fingerprint density at radius 3 is 2.34 bits per heavy atom. The van der Waals surface area contributed by atoms with Crippen molar-refractivity contribution in [3.8, 4) is 0 Å². The molecule has 6 aliphatic rings. The number of imide groups is 1. The summed E-state index contributed by atoms with van der Waals surface area (Å²) in [6.45, 7) is 4.15. The SMILES string of the molecule is C[C@]12C=CC(=O)C=C1[C@@H](F)C[C@H]1[C@@H]3C[C@H]4O[C@@H](c5ccc(Cc6cccc(CC(=O)CCOCCOCCCNC(=O)CCN7C(=O)C=CC7=O)c6)cc5)O[C@@]4(C(=O)CO)[C@@]3(C)C[C@H](O)[C@@]12F. The van der Waals surface area contributed by atoms with Crippen LogP contribution in [0.4, 0.5) is 8.78 Å². The molecule has 3 N–H and O–H groups in total. The van der Waals surface area contributed by atoms with Crippen LogP contribution >= 0.6 is 0 Å². The Labute approximate surface area is 387 Å². The number of aliphatic hydroxyl groups is 2. The molecule has 3 amide bonds. The van der Waals surface area contributed by atoms with Crippen LogP contribution < -0.4 is 5.32 Å². The number of hydrogen-bond donors (Lipinski definition) is 3. The first-order chi connectivity index (χ1) is 32.0. The van der Waals surface area contributed by atoms with Crippen LogP contribution in [0, 0.1) is 22.7 Å². The number of aliphatic hydroxyl groups excluding tert-OH is 2. The molecule has 1 saturated heterocycles. The predicted octanol–water partition coefficient (Wildman–Crippen LogP) is 4.28. The standard InChI is InChI=1S/C51H58F2N2O12/c1-48-16-13-35(57)26-39(48)40(52)27-38-37-28-43-51(42(60)30-56,49(37,2)29-41(59)50(38,48)53)67-47(66-43)34-9-7-31(8-10-34)23-32-5-3-6-33(24-32)25-36(58)15-20-65-22-21-64-19-4-17-54-44(61)14-18-55-45(62)11-12-46(55)63/h3,5-13,16,24,26,37-38,40-41,43,47,56,59H,4,14-15,17-23,25,27-30H2,1-2H3,(H,54,61)/t37-,38-,40-,41-,43+,47+,48-,49-,50-,51+/m0/s1. The molecule has 2 heterocycles. The lowest BCUT2D eigenvalue weighted by molar-refractivity contribution is -0.235. The number of Topliss-reactive ketones (excluding diaryl/α,β-unsaturated/α-hetero) is 2. The number of halogens is 2. The first-order valence-electron chi connectivity index (χ1n) is 23.1. The molecule has 3 saturated carbocycles. The Morgan fingerprint density at radius 2 is 1.61 bits per heavy atom. The Hall–Kier alpha value is -5.10. The zero-order valence-electron chi connectivity index (χ0n) is 37.8. The molecule has 358 valence electrons. The maximum Gasteiger partial charge on any atom is 0.253 e. The van der Waals surface area contributed by atoms with Gasteiger partial charge >= 0.3 is 0 Å². The third-order valence-corrected chi connectivity index (χ3v) is 15.1. The largest absolute Gasteiger partial charge is 0.390 e. The van der Waals surface area contributed by atoms with Crippen LogP contribution in [-0.4, -0.2) is 126 Å². The van der Waals surface area contributed by atoms with Crippen LogP contribution in [0.3, 0.4) is 0 Å². The summed E-state index contributed by atoms with van der Waals surface area (Å²) in [6, 6.07) is 15.3. The summed E-state index contributed by atoms with van der Waals surface area (Å²) in [5.74, 6) is -3.82. The highest BCUT2D eigenvalue weighted by Crippen LogP contribution is 2.72. The number of carbonyl (C=O) groups is 6. The summed E-state index contributed by atoms with van der Waals surface area (Å²) < 4.78 is 57.9. The van der Waals surface area contributed by atoms with Gasteiger partial charge < -0.3 is 34.5 Å². The number of hydrogen-bond acceptors (Lipinski definition) is 12. The Balaban J connectivity index is 0.787. The van der Waals surface area contributed by atoms with Crippen molar-refractivity contribution >= 4 is 35.1 Å². The van der Waals surface area contributed by atoms with E-state index in [1.807, 2.05) is 48.5 Å². The maximum atomic E-state index is 17.7. The van der Waals surface area contributed by atoms with Gasteiger partial charge in [0, 0.05) is 73.4 Å². The highest BCUT2D eigenvalue weighted by Gasteiger charge is 2.80. The Kier molecular flexibility index (Phi) is 14.1.